The lowest BCUT2D eigenvalue weighted by Crippen LogP contribution is -2.60. The molecule has 33 heavy (non-hydrogen) atoms. The van der Waals surface area contributed by atoms with Gasteiger partial charge in [-0.1, -0.05) is 96.1 Å². The Balaban J connectivity index is 1.59. The van der Waals surface area contributed by atoms with Crippen molar-refractivity contribution in [3.8, 4) is 5.75 Å². The average molecular weight is 467 g/mol. The number of aryl methyl sites for hydroxylation is 1. The molecule has 0 aromatic heterocycles. The van der Waals surface area contributed by atoms with E-state index in [4.69, 9.17) is 9.47 Å². The number of rotatable bonds is 17. The molecule has 0 bridgehead atoms. The standard InChI is InChI=1S/C27H46O6/c1-2-3-4-5-6-7-8-9-10-11-12-13-14-16-21-17-15-18-22(19-21)32-27-26(31)25(30)24(29)23(20-28)33-27/h15,17-19,23-31H,2-14,16,20H2,1H3/t23?,24-,25+,26?,27-/m1/s1. The molecular weight excluding hydrogens is 420 g/mol. The summed E-state index contributed by atoms with van der Waals surface area (Å²) in [5.41, 5.74) is 1.15. The molecule has 0 aliphatic carbocycles. The van der Waals surface area contributed by atoms with Crippen LogP contribution in [0.2, 0.25) is 0 Å². The van der Waals surface area contributed by atoms with Crippen molar-refractivity contribution in [2.75, 3.05) is 6.61 Å². The van der Waals surface area contributed by atoms with E-state index < -0.39 is 37.3 Å². The van der Waals surface area contributed by atoms with Crippen molar-refractivity contribution in [2.24, 2.45) is 0 Å². The van der Waals surface area contributed by atoms with Gasteiger partial charge in [0.15, 0.2) is 0 Å². The fourth-order valence-electron chi connectivity index (χ4n) is 4.42. The van der Waals surface area contributed by atoms with Crippen molar-refractivity contribution in [1.29, 1.82) is 0 Å². The molecule has 4 N–H and O–H groups in total. The molecule has 2 rings (SSSR count). The first-order valence-corrected chi connectivity index (χ1v) is 13.1. The summed E-state index contributed by atoms with van der Waals surface area (Å²) >= 11 is 0. The Kier molecular flexibility index (Phi) is 14.0. The van der Waals surface area contributed by atoms with Crippen molar-refractivity contribution in [3.63, 3.8) is 0 Å². The molecule has 5 atom stereocenters. The molecule has 2 unspecified atom stereocenters. The maximum Gasteiger partial charge on any atom is 0.229 e. The van der Waals surface area contributed by atoms with E-state index in [1.165, 1.54) is 77.0 Å². The third kappa shape index (κ3) is 10.3. The van der Waals surface area contributed by atoms with E-state index in [1.807, 2.05) is 12.1 Å². The number of hydrogen-bond acceptors (Lipinski definition) is 6. The Labute approximate surface area is 199 Å². The number of unbranched alkanes of at least 4 members (excludes halogenated alkanes) is 12. The number of aliphatic hydroxyl groups is 4. The van der Waals surface area contributed by atoms with E-state index in [0.29, 0.717) is 5.75 Å². The van der Waals surface area contributed by atoms with Crippen LogP contribution in [0, 0.1) is 0 Å². The lowest BCUT2D eigenvalue weighted by molar-refractivity contribution is -0.277. The third-order valence-corrected chi connectivity index (χ3v) is 6.57. The number of ether oxygens (including phenoxy) is 2. The summed E-state index contributed by atoms with van der Waals surface area (Å²) in [5.74, 6) is 0.534. The predicted octanol–water partition coefficient (Wildman–Crippen LogP) is 4.50. The first-order chi connectivity index (χ1) is 16.1. The second-order valence-electron chi connectivity index (χ2n) is 9.46. The second kappa shape index (κ2) is 16.4. The topological polar surface area (TPSA) is 99.4 Å². The smallest absolute Gasteiger partial charge is 0.229 e. The van der Waals surface area contributed by atoms with Crippen LogP contribution >= 0.6 is 0 Å². The zero-order valence-corrected chi connectivity index (χ0v) is 20.4. The van der Waals surface area contributed by atoms with Crippen LogP contribution in [-0.2, 0) is 11.2 Å². The molecule has 6 nitrogen and oxygen atoms in total. The molecule has 1 aromatic carbocycles. The molecule has 0 spiro atoms. The highest BCUT2D eigenvalue weighted by atomic mass is 16.7. The molecule has 0 saturated carbocycles. The van der Waals surface area contributed by atoms with Crippen molar-refractivity contribution in [2.45, 2.75) is 128 Å². The maximum absolute atomic E-state index is 10.1. The number of benzene rings is 1. The predicted molar refractivity (Wildman–Crippen MR) is 130 cm³/mol. The molecule has 1 heterocycles. The zero-order valence-electron chi connectivity index (χ0n) is 20.4. The van der Waals surface area contributed by atoms with Gasteiger partial charge in [0.1, 0.15) is 30.2 Å². The molecule has 1 aromatic rings. The molecule has 190 valence electrons. The van der Waals surface area contributed by atoms with Crippen LogP contribution in [0.4, 0.5) is 0 Å². The van der Waals surface area contributed by atoms with Crippen LogP contribution < -0.4 is 4.74 Å². The van der Waals surface area contributed by atoms with Gasteiger partial charge in [0.05, 0.1) is 6.61 Å². The molecule has 0 amide bonds. The summed E-state index contributed by atoms with van der Waals surface area (Å²) in [6.07, 6.45) is 12.0. The first-order valence-electron chi connectivity index (χ1n) is 13.1. The van der Waals surface area contributed by atoms with E-state index in [1.54, 1.807) is 6.07 Å². The molecule has 1 saturated heterocycles. The molecule has 0 radical (unpaired) electrons. The van der Waals surface area contributed by atoms with Crippen molar-refractivity contribution in [1.82, 2.24) is 0 Å². The summed E-state index contributed by atoms with van der Waals surface area (Å²) in [5, 5.41) is 39.3. The minimum atomic E-state index is -1.44. The van der Waals surface area contributed by atoms with Gasteiger partial charge in [-0.15, -0.1) is 0 Å². The van der Waals surface area contributed by atoms with Crippen LogP contribution in [0.1, 0.15) is 96.0 Å². The van der Waals surface area contributed by atoms with E-state index >= 15 is 0 Å². The highest BCUT2D eigenvalue weighted by Gasteiger charge is 2.44. The van der Waals surface area contributed by atoms with Crippen LogP contribution in [0.5, 0.6) is 5.75 Å². The van der Waals surface area contributed by atoms with Gasteiger partial charge >= 0.3 is 0 Å². The van der Waals surface area contributed by atoms with Crippen LogP contribution in [0.15, 0.2) is 24.3 Å². The molecule has 1 aliphatic heterocycles. The summed E-state index contributed by atoms with van der Waals surface area (Å²) in [6, 6.07) is 7.65. The highest BCUT2D eigenvalue weighted by molar-refractivity contribution is 5.28. The summed E-state index contributed by atoms with van der Waals surface area (Å²) < 4.78 is 11.1. The Morgan fingerprint density at radius 2 is 1.33 bits per heavy atom. The van der Waals surface area contributed by atoms with Crippen molar-refractivity contribution in [3.05, 3.63) is 29.8 Å². The minimum absolute atomic E-state index is 0.468. The summed E-state index contributed by atoms with van der Waals surface area (Å²) in [4.78, 5) is 0. The van der Waals surface area contributed by atoms with Gasteiger partial charge in [-0.2, -0.15) is 0 Å². The largest absolute Gasteiger partial charge is 0.462 e. The molecule has 1 fully saturated rings. The van der Waals surface area contributed by atoms with E-state index in [0.717, 1.165) is 18.4 Å². The quantitative estimate of drug-likeness (QED) is 0.252. The van der Waals surface area contributed by atoms with Gasteiger partial charge in [0.25, 0.3) is 0 Å². The number of aliphatic hydroxyl groups excluding tert-OH is 4. The lowest BCUT2D eigenvalue weighted by atomic mass is 9.99. The Morgan fingerprint density at radius 1 is 0.758 bits per heavy atom. The normalized spacial score (nSPS) is 25.3. The van der Waals surface area contributed by atoms with Crippen LogP contribution in [0.25, 0.3) is 0 Å². The maximum atomic E-state index is 10.1. The monoisotopic (exact) mass is 466 g/mol. The van der Waals surface area contributed by atoms with Crippen molar-refractivity contribution < 1.29 is 29.9 Å². The van der Waals surface area contributed by atoms with Gasteiger partial charge in [-0.25, -0.2) is 0 Å². The Hall–Kier alpha value is -1.18. The fraction of sp³-hybridized carbons (Fsp3) is 0.778. The lowest BCUT2D eigenvalue weighted by Gasteiger charge is -2.39. The van der Waals surface area contributed by atoms with Crippen LogP contribution in [-0.4, -0.2) is 57.7 Å². The van der Waals surface area contributed by atoms with Gasteiger partial charge in [0, 0.05) is 0 Å². The average Bonchev–Trinajstić information content (AvgIpc) is 2.82. The van der Waals surface area contributed by atoms with Gasteiger partial charge in [-0.3, -0.25) is 0 Å². The minimum Gasteiger partial charge on any atom is -0.462 e. The van der Waals surface area contributed by atoms with E-state index in [9.17, 15) is 20.4 Å². The SMILES string of the molecule is CCCCCCCCCCCCCCCc1cccc(O[C@@H]2OC(CO)[C@@H](O)[C@H](O)C2O)c1. The van der Waals surface area contributed by atoms with Gasteiger partial charge in [-0.05, 0) is 30.5 Å². The molecule has 1 aliphatic rings. The summed E-state index contributed by atoms with van der Waals surface area (Å²) in [7, 11) is 0. The highest BCUT2D eigenvalue weighted by Crippen LogP contribution is 2.25. The van der Waals surface area contributed by atoms with E-state index in [2.05, 4.69) is 13.0 Å². The Morgan fingerprint density at radius 3 is 1.91 bits per heavy atom. The van der Waals surface area contributed by atoms with Crippen molar-refractivity contribution >= 4 is 0 Å². The van der Waals surface area contributed by atoms with Gasteiger partial charge < -0.3 is 29.9 Å². The van der Waals surface area contributed by atoms with Crippen LogP contribution in [0.3, 0.4) is 0 Å². The zero-order chi connectivity index (χ0) is 23.9. The summed E-state index contributed by atoms with van der Waals surface area (Å²) in [6.45, 7) is 1.80. The Bertz CT molecular complexity index is 622. The van der Waals surface area contributed by atoms with Gasteiger partial charge in [0.2, 0.25) is 6.29 Å². The molecular formula is C27H46O6. The third-order valence-electron chi connectivity index (χ3n) is 6.57. The van der Waals surface area contributed by atoms with E-state index in [-0.39, 0.29) is 0 Å². The first kappa shape index (κ1) is 28.1. The molecule has 6 heteroatoms. The fourth-order valence-corrected chi connectivity index (χ4v) is 4.42. The second-order valence-corrected chi connectivity index (χ2v) is 9.46. The number of hydrogen-bond donors (Lipinski definition) is 4.